The number of unbranched alkanes of at least 4 members (excludes halogenated alkanes) is 3. The van der Waals surface area contributed by atoms with E-state index >= 15 is 0 Å². The largest absolute Gasteiger partial charge is 0.465 e. The number of imidazole rings is 1. The number of hydrogen-bond donors (Lipinski definition) is 1. The molecule has 0 unspecified atom stereocenters. The fourth-order valence-corrected chi connectivity index (χ4v) is 2.65. The SMILES string of the molecule is CN(CCCCCCn1c(=O)n(C)c2ccccc21)C(=O)O. The van der Waals surface area contributed by atoms with Gasteiger partial charge in [-0.2, -0.15) is 0 Å². The lowest BCUT2D eigenvalue weighted by molar-refractivity contribution is 0.155. The lowest BCUT2D eigenvalue weighted by Gasteiger charge is -2.12. The van der Waals surface area contributed by atoms with E-state index in [1.54, 1.807) is 18.7 Å². The van der Waals surface area contributed by atoms with Crippen molar-refractivity contribution in [3.8, 4) is 0 Å². The van der Waals surface area contributed by atoms with Gasteiger partial charge < -0.3 is 10.0 Å². The molecule has 2 rings (SSSR count). The summed E-state index contributed by atoms with van der Waals surface area (Å²) in [4.78, 5) is 24.2. The van der Waals surface area contributed by atoms with Crippen molar-refractivity contribution in [2.45, 2.75) is 32.2 Å². The number of hydrogen-bond acceptors (Lipinski definition) is 2. The van der Waals surface area contributed by atoms with Gasteiger partial charge in [0, 0.05) is 27.2 Å². The molecule has 0 aliphatic rings. The molecular weight excluding hydrogens is 282 g/mol. The van der Waals surface area contributed by atoms with Crippen LogP contribution < -0.4 is 5.69 Å². The fraction of sp³-hybridized carbons (Fsp3) is 0.500. The van der Waals surface area contributed by atoms with Crippen LogP contribution >= 0.6 is 0 Å². The van der Waals surface area contributed by atoms with E-state index in [4.69, 9.17) is 5.11 Å². The molecule has 0 fully saturated rings. The summed E-state index contributed by atoms with van der Waals surface area (Å²) in [6.07, 6.45) is 2.85. The minimum Gasteiger partial charge on any atom is -0.465 e. The van der Waals surface area contributed by atoms with Gasteiger partial charge in [0.25, 0.3) is 0 Å². The van der Waals surface area contributed by atoms with Crippen molar-refractivity contribution >= 4 is 17.1 Å². The zero-order chi connectivity index (χ0) is 16.1. The van der Waals surface area contributed by atoms with Crippen LogP contribution in [0.5, 0.6) is 0 Å². The molecule has 1 aromatic carbocycles. The summed E-state index contributed by atoms with van der Waals surface area (Å²) in [6, 6.07) is 7.80. The lowest BCUT2D eigenvalue weighted by Crippen LogP contribution is -2.25. The Morgan fingerprint density at radius 2 is 1.77 bits per heavy atom. The van der Waals surface area contributed by atoms with E-state index in [-0.39, 0.29) is 5.69 Å². The average molecular weight is 305 g/mol. The zero-order valence-corrected chi connectivity index (χ0v) is 13.2. The summed E-state index contributed by atoms with van der Waals surface area (Å²) >= 11 is 0. The standard InChI is InChI=1S/C16H23N3O3/c1-17(16(21)22)11-7-3-4-8-12-19-14-10-6-5-9-13(14)18(2)15(19)20/h5-6,9-10H,3-4,7-8,11-12H2,1-2H3,(H,21,22). The van der Waals surface area contributed by atoms with Gasteiger partial charge in [-0.25, -0.2) is 9.59 Å². The van der Waals surface area contributed by atoms with Crippen LogP contribution in [-0.4, -0.2) is 38.8 Å². The van der Waals surface area contributed by atoms with Crippen LogP contribution in [-0.2, 0) is 13.6 Å². The van der Waals surface area contributed by atoms with Crippen molar-refractivity contribution in [1.82, 2.24) is 14.0 Å². The van der Waals surface area contributed by atoms with Crippen LogP contribution in [0.2, 0.25) is 0 Å². The third-order valence-corrected chi connectivity index (χ3v) is 4.00. The highest BCUT2D eigenvalue weighted by atomic mass is 16.4. The molecule has 0 aliphatic carbocycles. The highest BCUT2D eigenvalue weighted by molar-refractivity contribution is 5.75. The highest BCUT2D eigenvalue weighted by Crippen LogP contribution is 2.12. The molecule has 22 heavy (non-hydrogen) atoms. The van der Waals surface area contributed by atoms with Crippen molar-refractivity contribution in [2.24, 2.45) is 7.05 Å². The monoisotopic (exact) mass is 305 g/mol. The molecule has 1 N–H and O–H groups in total. The van der Waals surface area contributed by atoms with Gasteiger partial charge in [0.2, 0.25) is 0 Å². The Kier molecular flexibility index (Phi) is 5.25. The van der Waals surface area contributed by atoms with Gasteiger partial charge in [-0.1, -0.05) is 25.0 Å². The maximum absolute atomic E-state index is 12.2. The van der Waals surface area contributed by atoms with Crippen LogP contribution in [0.4, 0.5) is 4.79 Å². The summed E-state index contributed by atoms with van der Waals surface area (Å²) in [5.74, 6) is 0. The Hall–Kier alpha value is -2.24. The van der Waals surface area contributed by atoms with Gasteiger partial charge in [-0.15, -0.1) is 0 Å². The van der Waals surface area contributed by atoms with E-state index in [2.05, 4.69) is 0 Å². The summed E-state index contributed by atoms with van der Waals surface area (Å²) in [7, 11) is 3.38. The molecule has 120 valence electrons. The maximum Gasteiger partial charge on any atom is 0.407 e. The normalized spacial score (nSPS) is 11.0. The molecule has 0 saturated heterocycles. The van der Waals surface area contributed by atoms with Crippen LogP contribution in [0, 0.1) is 0 Å². The Morgan fingerprint density at radius 3 is 2.45 bits per heavy atom. The molecule has 1 amide bonds. The van der Waals surface area contributed by atoms with Crippen LogP contribution in [0.3, 0.4) is 0 Å². The second kappa shape index (κ2) is 7.15. The van der Waals surface area contributed by atoms with E-state index in [1.165, 1.54) is 4.90 Å². The van der Waals surface area contributed by atoms with Crippen molar-refractivity contribution in [3.63, 3.8) is 0 Å². The van der Waals surface area contributed by atoms with Gasteiger partial charge in [0.1, 0.15) is 0 Å². The number of aromatic nitrogens is 2. The third kappa shape index (κ3) is 3.50. The number of rotatable bonds is 7. The molecule has 0 atom stereocenters. The fourth-order valence-electron chi connectivity index (χ4n) is 2.65. The minimum absolute atomic E-state index is 0.0202. The summed E-state index contributed by atoms with van der Waals surface area (Å²) < 4.78 is 3.50. The highest BCUT2D eigenvalue weighted by Gasteiger charge is 2.09. The predicted octanol–water partition coefficient (Wildman–Crippen LogP) is 2.51. The number of fused-ring (bicyclic) bond motifs is 1. The first kappa shape index (κ1) is 16.1. The maximum atomic E-state index is 12.2. The molecule has 2 aromatic rings. The average Bonchev–Trinajstić information content (AvgIpc) is 2.75. The first-order chi connectivity index (χ1) is 10.5. The van der Waals surface area contributed by atoms with Gasteiger partial charge >= 0.3 is 11.8 Å². The number of para-hydroxylation sites is 2. The van der Waals surface area contributed by atoms with Crippen molar-refractivity contribution in [2.75, 3.05) is 13.6 Å². The molecule has 0 aliphatic heterocycles. The summed E-state index contributed by atoms with van der Waals surface area (Å²) in [5.41, 5.74) is 1.95. The smallest absolute Gasteiger partial charge is 0.407 e. The number of amides is 1. The second-order valence-corrected chi connectivity index (χ2v) is 5.60. The number of aryl methyl sites for hydroxylation is 2. The summed E-state index contributed by atoms with van der Waals surface area (Å²) in [5, 5.41) is 8.75. The Bertz CT molecular complexity index is 702. The molecule has 6 nitrogen and oxygen atoms in total. The predicted molar refractivity (Wildman–Crippen MR) is 86.3 cm³/mol. The van der Waals surface area contributed by atoms with Gasteiger partial charge in [0.15, 0.2) is 0 Å². The number of benzene rings is 1. The zero-order valence-electron chi connectivity index (χ0n) is 13.2. The van der Waals surface area contributed by atoms with Crippen molar-refractivity contribution in [1.29, 1.82) is 0 Å². The molecule has 0 bridgehead atoms. The van der Waals surface area contributed by atoms with E-state index in [1.807, 2.05) is 28.8 Å². The Morgan fingerprint density at radius 1 is 1.14 bits per heavy atom. The Balaban J connectivity index is 1.84. The van der Waals surface area contributed by atoms with Crippen molar-refractivity contribution < 1.29 is 9.90 Å². The molecule has 6 heteroatoms. The molecule has 0 radical (unpaired) electrons. The van der Waals surface area contributed by atoms with Crippen molar-refractivity contribution in [3.05, 3.63) is 34.7 Å². The third-order valence-electron chi connectivity index (χ3n) is 4.00. The summed E-state index contributed by atoms with van der Waals surface area (Å²) in [6.45, 7) is 1.26. The Labute approximate surface area is 129 Å². The first-order valence-corrected chi connectivity index (χ1v) is 7.60. The van der Waals surface area contributed by atoms with Gasteiger partial charge in [0.05, 0.1) is 11.0 Å². The quantitative estimate of drug-likeness (QED) is 0.799. The number of nitrogens with zero attached hydrogens (tertiary/aromatic N) is 3. The van der Waals surface area contributed by atoms with Crippen LogP contribution in [0.15, 0.2) is 29.1 Å². The van der Waals surface area contributed by atoms with Crippen LogP contribution in [0.25, 0.3) is 11.0 Å². The van der Waals surface area contributed by atoms with E-state index in [9.17, 15) is 9.59 Å². The van der Waals surface area contributed by atoms with Crippen LogP contribution in [0.1, 0.15) is 25.7 Å². The number of carbonyl (C=O) groups is 1. The van der Waals surface area contributed by atoms with E-state index in [0.29, 0.717) is 13.1 Å². The first-order valence-electron chi connectivity index (χ1n) is 7.60. The molecule has 1 aromatic heterocycles. The number of carboxylic acid groups (broad SMARTS) is 1. The van der Waals surface area contributed by atoms with E-state index < -0.39 is 6.09 Å². The molecule has 1 heterocycles. The lowest BCUT2D eigenvalue weighted by atomic mass is 10.2. The molecule has 0 saturated carbocycles. The topological polar surface area (TPSA) is 67.5 Å². The van der Waals surface area contributed by atoms with E-state index in [0.717, 1.165) is 36.7 Å². The minimum atomic E-state index is -0.887. The molecular formula is C16H23N3O3. The molecule has 0 spiro atoms. The second-order valence-electron chi connectivity index (χ2n) is 5.60. The van der Waals surface area contributed by atoms with Gasteiger partial charge in [-0.3, -0.25) is 9.13 Å². The van der Waals surface area contributed by atoms with Gasteiger partial charge in [-0.05, 0) is 25.0 Å².